The van der Waals surface area contributed by atoms with Gasteiger partial charge in [0.1, 0.15) is 11.7 Å². The lowest BCUT2D eigenvalue weighted by atomic mass is 9.98. The van der Waals surface area contributed by atoms with Gasteiger partial charge in [0.25, 0.3) is 5.91 Å². The standard InChI is InChI=1S/C26H26Cl2N4O/c27-21-11-10-19(23(16-21)26(33)31-24-13-12-22(28)17-30-24)7-4-18-5-8-20(9-6-18)25(29)32-14-2-1-3-15-32/h5-6,8-13,16-17,29H,1-4,7,14-15H2,(H,30,31,33). The number of likely N-dealkylation sites (tertiary alicyclic amines) is 1. The molecule has 0 radical (unpaired) electrons. The zero-order valence-corrected chi connectivity index (χ0v) is 19.8. The molecule has 0 spiro atoms. The van der Waals surface area contributed by atoms with Crippen LogP contribution in [0.1, 0.15) is 46.3 Å². The highest BCUT2D eigenvalue weighted by atomic mass is 35.5. The van der Waals surface area contributed by atoms with Gasteiger partial charge in [-0.2, -0.15) is 0 Å². The second-order valence-corrected chi connectivity index (χ2v) is 9.08. The lowest BCUT2D eigenvalue weighted by molar-refractivity contribution is 0.102. The smallest absolute Gasteiger partial charge is 0.257 e. The second-order valence-electron chi connectivity index (χ2n) is 8.21. The van der Waals surface area contributed by atoms with Gasteiger partial charge in [-0.3, -0.25) is 10.2 Å². The molecule has 0 saturated carbocycles. The molecule has 0 atom stereocenters. The van der Waals surface area contributed by atoms with Gasteiger partial charge in [0.05, 0.1) is 5.02 Å². The van der Waals surface area contributed by atoms with Gasteiger partial charge in [0, 0.05) is 35.4 Å². The van der Waals surface area contributed by atoms with Gasteiger partial charge in [0.2, 0.25) is 0 Å². The summed E-state index contributed by atoms with van der Waals surface area (Å²) in [5.74, 6) is 0.781. The Kier molecular flexibility index (Phi) is 7.63. The molecule has 1 saturated heterocycles. The quantitative estimate of drug-likeness (QED) is 0.324. The van der Waals surface area contributed by atoms with Crippen molar-refractivity contribution >= 4 is 40.8 Å². The van der Waals surface area contributed by atoms with Crippen LogP contribution in [0.3, 0.4) is 0 Å². The number of halogens is 2. The van der Waals surface area contributed by atoms with E-state index in [-0.39, 0.29) is 5.91 Å². The van der Waals surface area contributed by atoms with E-state index >= 15 is 0 Å². The molecule has 0 unspecified atom stereocenters. The van der Waals surface area contributed by atoms with Gasteiger partial charge in [0.15, 0.2) is 0 Å². The fraction of sp³-hybridized carbons (Fsp3) is 0.269. The number of aryl methyl sites for hydroxylation is 2. The number of benzene rings is 2. The fourth-order valence-corrected chi connectivity index (χ4v) is 4.30. The number of aromatic nitrogens is 1. The highest BCUT2D eigenvalue weighted by Crippen LogP contribution is 2.21. The van der Waals surface area contributed by atoms with E-state index in [1.54, 1.807) is 24.3 Å². The Morgan fingerprint density at radius 3 is 2.36 bits per heavy atom. The lowest BCUT2D eigenvalue weighted by Gasteiger charge is -2.29. The molecule has 1 fully saturated rings. The number of hydrogen-bond donors (Lipinski definition) is 2. The van der Waals surface area contributed by atoms with E-state index in [9.17, 15) is 4.79 Å². The number of anilines is 1. The summed E-state index contributed by atoms with van der Waals surface area (Å²) in [6.45, 7) is 1.93. The molecule has 2 N–H and O–H groups in total. The number of amidine groups is 1. The molecule has 2 aromatic carbocycles. The Morgan fingerprint density at radius 1 is 0.939 bits per heavy atom. The molecule has 1 aliphatic heterocycles. The summed E-state index contributed by atoms with van der Waals surface area (Å²) in [6.07, 6.45) is 6.53. The molecule has 7 heteroatoms. The summed E-state index contributed by atoms with van der Waals surface area (Å²) in [4.78, 5) is 19.2. The topological polar surface area (TPSA) is 69.1 Å². The Labute approximate surface area is 204 Å². The van der Waals surface area contributed by atoms with Crippen LogP contribution in [-0.2, 0) is 12.8 Å². The van der Waals surface area contributed by atoms with Crippen LogP contribution in [0, 0.1) is 5.41 Å². The maximum Gasteiger partial charge on any atom is 0.257 e. The monoisotopic (exact) mass is 480 g/mol. The van der Waals surface area contributed by atoms with Crippen LogP contribution in [0.2, 0.25) is 10.0 Å². The van der Waals surface area contributed by atoms with E-state index in [0.717, 1.165) is 49.0 Å². The van der Waals surface area contributed by atoms with Crippen LogP contribution < -0.4 is 5.32 Å². The van der Waals surface area contributed by atoms with Crippen LogP contribution in [0.15, 0.2) is 60.8 Å². The first-order chi connectivity index (χ1) is 16.0. The third-order valence-corrected chi connectivity index (χ3v) is 6.33. The Hall–Kier alpha value is -2.89. The normalized spacial score (nSPS) is 13.6. The van der Waals surface area contributed by atoms with E-state index in [1.165, 1.54) is 12.6 Å². The van der Waals surface area contributed by atoms with Crippen LogP contribution >= 0.6 is 23.2 Å². The SMILES string of the molecule is N=C(c1ccc(CCc2ccc(Cl)cc2C(=O)Nc2ccc(Cl)cn2)cc1)N1CCCCC1. The average Bonchev–Trinajstić information content (AvgIpc) is 2.85. The van der Waals surface area contributed by atoms with Gasteiger partial charge in [-0.25, -0.2) is 4.98 Å². The number of pyridine rings is 1. The third kappa shape index (κ3) is 6.12. The summed E-state index contributed by atoms with van der Waals surface area (Å²) < 4.78 is 0. The molecule has 3 aromatic rings. The van der Waals surface area contributed by atoms with Crippen molar-refractivity contribution in [1.82, 2.24) is 9.88 Å². The molecule has 0 aliphatic carbocycles. The van der Waals surface area contributed by atoms with Gasteiger partial charge in [-0.1, -0.05) is 53.5 Å². The summed E-state index contributed by atoms with van der Waals surface area (Å²) >= 11 is 12.0. The van der Waals surface area contributed by atoms with Gasteiger partial charge >= 0.3 is 0 Å². The van der Waals surface area contributed by atoms with Crippen molar-refractivity contribution in [3.63, 3.8) is 0 Å². The maximum absolute atomic E-state index is 12.9. The lowest BCUT2D eigenvalue weighted by Crippen LogP contribution is -2.35. The summed E-state index contributed by atoms with van der Waals surface area (Å²) in [7, 11) is 0. The molecular weight excluding hydrogens is 455 g/mol. The van der Waals surface area contributed by atoms with Crippen molar-refractivity contribution in [1.29, 1.82) is 5.41 Å². The van der Waals surface area contributed by atoms with Gasteiger partial charge in [-0.15, -0.1) is 0 Å². The first kappa shape index (κ1) is 23.3. The average molecular weight is 481 g/mol. The minimum atomic E-state index is -0.257. The van der Waals surface area contributed by atoms with Gasteiger partial charge < -0.3 is 10.2 Å². The van der Waals surface area contributed by atoms with Crippen molar-refractivity contribution < 1.29 is 4.79 Å². The third-order valence-electron chi connectivity index (χ3n) is 5.87. The molecular formula is C26H26Cl2N4O. The summed E-state index contributed by atoms with van der Waals surface area (Å²) in [5, 5.41) is 12.3. The number of hydrogen-bond acceptors (Lipinski definition) is 3. The largest absolute Gasteiger partial charge is 0.357 e. The van der Waals surface area contributed by atoms with Gasteiger partial charge in [-0.05, 0) is 67.5 Å². The van der Waals surface area contributed by atoms with E-state index in [2.05, 4.69) is 27.3 Å². The van der Waals surface area contributed by atoms with Crippen molar-refractivity contribution in [3.8, 4) is 0 Å². The van der Waals surface area contributed by atoms with Crippen molar-refractivity contribution in [2.24, 2.45) is 0 Å². The predicted octanol–water partition coefficient (Wildman–Crippen LogP) is 6.24. The Bertz CT molecular complexity index is 1120. The molecule has 1 aliphatic rings. The molecule has 33 heavy (non-hydrogen) atoms. The molecule has 0 bridgehead atoms. The Balaban J connectivity index is 1.42. The van der Waals surface area contributed by atoms with E-state index in [0.29, 0.717) is 33.7 Å². The molecule has 2 heterocycles. The van der Waals surface area contributed by atoms with Crippen molar-refractivity contribution in [3.05, 3.63) is 93.1 Å². The van der Waals surface area contributed by atoms with Crippen LogP contribution in [0.25, 0.3) is 0 Å². The molecule has 170 valence electrons. The number of carbonyl (C=O) groups is 1. The minimum Gasteiger partial charge on any atom is -0.357 e. The van der Waals surface area contributed by atoms with Crippen LogP contribution in [0.5, 0.6) is 0 Å². The summed E-state index contributed by atoms with van der Waals surface area (Å²) in [5.41, 5.74) is 3.55. The molecule has 1 aromatic heterocycles. The zero-order valence-electron chi connectivity index (χ0n) is 18.3. The maximum atomic E-state index is 12.9. The highest BCUT2D eigenvalue weighted by Gasteiger charge is 2.16. The number of carbonyl (C=O) groups excluding carboxylic acids is 1. The number of amides is 1. The number of rotatable bonds is 6. The molecule has 4 rings (SSSR count). The van der Waals surface area contributed by atoms with Crippen LogP contribution in [0.4, 0.5) is 5.82 Å². The zero-order chi connectivity index (χ0) is 23.2. The number of piperidine rings is 1. The first-order valence-corrected chi connectivity index (χ1v) is 11.9. The molecule has 5 nitrogen and oxygen atoms in total. The van der Waals surface area contributed by atoms with Crippen LogP contribution in [-0.4, -0.2) is 34.7 Å². The van der Waals surface area contributed by atoms with E-state index in [1.807, 2.05) is 18.2 Å². The molecule has 1 amide bonds. The minimum absolute atomic E-state index is 0.257. The second kappa shape index (κ2) is 10.8. The number of nitrogens with zero attached hydrogens (tertiary/aromatic N) is 2. The summed E-state index contributed by atoms with van der Waals surface area (Å²) in [6, 6.07) is 16.9. The Morgan fingerprint density at radius 2 is 1.67 bits per heavy atom. The number of nitrogens with one attached hydrogen (secondary N) is 2. The fourth-order valence-electron chi connectivity index (χ4n) is 4.02. The van der Waals surface area contributed by atoms with Crippen molar-refractivity contribution in [2.45, 2.75) is 32.1 Å². The van der Waals surface area contributed by atoms with E-state index < -0.39 is 0 Å². The van der Waals surface area contributed by atoms with E-state index in [4.69, 9.17) is 28.6 Å². The first-order valence-electron chi connectivity index (χ1n) is 11.1. The van der Waals surface area contributed by atoms with Crippen molar-refractivity contribution in [2.75, 3.05) is 18.4 Å². The predicted molar refractivity (Wildman–Crippen MR) is 135 cm³/mol. The highest BCUT2D eigenvalue weighted by molar-refractivity contribution is 6.31.